The van der Waals surface area contributed by atoms with Gasteiger partial charge in [-0.2, -0.15) is 0 Å². The largest absolute Gasteiger partial charge is 0.358 e. The van der Waals surface area contributed by atoms with Crippen LogP contribution in [0, 0.1) is 19.8 Å². The Morgan fingerprint density at radius 2 is 2.05 bits per heavy atom. The predicted octanol–water partition coefficient (Wildman–Crippen LogP) is 4.05. The smallest absolute Gasteiger partial charge is 0.254 e. The minimum Gasteiger partial charge on any atom is -0.358 e. The van der Waals surface area contributed by atoms with Gasteiger partial charge < -0.3 is 9.88 Å². The van der Waals surface area contributed by atoms with Gasteiger partial charge in [0.2, 0.25) is 0 Å². The van der Waals surface area contributed by atoms with E-state index in [0.29, 0.717) is 12.0 Å². The summed E-state index contributed by atoms with van der Waals surface area (Å²) in [6.45, 7) is 9.48. The minimum absolute atomic E-state index is 0.175. The summed E-state index contributed by atoms with van der Waals surface area (Å²) in [5.74, 6) is 0.761. The summed E-state index contributed by atoms with van der Waals surface area (Å²) in [4.78, 5) is 18.2. The van der Waals surface area contributed by atoms with Crippen molar-refractivity contribution in [2.24, 2.45) is 5.92 Å². The molecule has 21 heavy (non-hydrogen) atoms. The van der Waals surface area contributed by atoms with Crippen LogP contribution in [0.5, 0.6) is 0 Å². The van der Waals surface area contributed by atoms with Crippen molar-refractivity contribution < 1.29 is 4.79 Å². The number of amides is 1. The van der Waals surface area contributed by atoms with Crippen LogP contribution in [0.4, 0.5) is 0 Å². The summed E-state index contributed by atoms with van der Waals surface area (Å²) in [5, 5.41) is 1.16. The molecule has 0 bridgehead atoms. The highest BCUT2D eigenvalue weighted by molar-refractivity contribution is 5.99. The molecule has 3 heteroatoms. The standard InChI is InChI=1S/C18H24N2O/c1-11-6-5-9-20(14(11)4)18(21)15-7-8-17-16(10-15)12(2)13(3)19-17/h7-8,10-11,14,19H,5-6,9H2,1-4H3. The quantitative estimate of drug-likeness (QED) is 0.842. The van der Waals surface area contributed by atoms with E-state index in [2.05, 4.69) is 32.7 Å². The molecule has 2 unspecified atom stereocenters. The van der Waals surface area contributed by atoms with Crippen molar-refractivity contribution in [3.63, 3.8) is 0 Å². The van der Waals surface area contributed by atoms with Crippen LogP contribution < -0.4 is 0 Å². The van der Waals surface area contributed by atoms with Gasteiger partial charge in [0, 0.05) is 34.7 Å². The number of piperidine rings is 1. The number of likely N-dealkylation sites (tertiary alicyclic amines) is 1. The molecule has 1 amide bonds. The Labute approximate surface area is 126 Å². The van der Waals surface area contributed by atoms with Crippen LogP contribution in [0.2, 0.25) is 0 Å². The maximum absolute atomic E-state index is 12.8. The fourth-order valence-corrected chi connectivity index (χ4v) is 3.38. The summed E-state index contributed by atoms with van der Waals surface area (Å²) in [6, 6.07) is 6.35. The molecule has 0 aliphatic carbocycles. The van der Waals surface area contributed by atoms with E-state index in [4.69, 9.17) is 0 Å². The normalized spacial score (nSPS) is 22.8. The van der Waals surface area contributed by atoms with Crippen molar-refractivity contribution in [1.29, 1.82) is 0 Å². The molecule has 1 aliphatic heterocycles. The molecule has 1 N–H and O–H groups in total. The maximum Gasteiger partial charge on any atom is 0.254 e. The second-order valence-electron chi connectivity index (χ2n) is 6.49. The van der Waals surface area contributed by atoms with E-state index in [0.717, 1.165) is 29.4 Å². The number of rotatable bonds is 1. The lowest BCUT2D eigenvalue weighted by Gasteiger charge is -2.38. The van der Waals surface area contributed by atoms with Crippen LogP contribution >= 0.6 is 0 Å². The van der Waals surface area contributed by atoms with Crippen LogP contribution in [-0.2, 0) is 0 Å². The Kier molecular flexibility index (Phi) is 3.52. The zero-order valence-corrected chi connectivity index (χ0v) is 13.4. The number of aromatic amines is 1. The van der Waals surface area contributed by atoms with Gasteiger partial charge in [-0.1, -0.05) is 6.92 Å². The van der Waals surface area contributed by atoms with E-state index < -0.39 is 0 Å². The van der Waals surface area contributed by atoms with E-state index in [1.807, 2.05) is 23.1 Å². The lowest BCUT2D eigenvalue weighted by molar-refractivity contribution is 0.0551. The van der Waals surface area contributed by atoms with Crippen molar-refractivity contribution in [1.82, 2.24) is 9.88 Å². The number of H-pyrrole nitrogens is 1. The van der Waals surface area contributed by atoms with Gasteiger partial charge in [0.15, 0.2) is 0 Å². The number of nitrogens with zero attached hydrogens (tertiary/aromatic N) is 1. The average Bonchev–Trinajstić information content (AvgIpc) is 2.76. The van der Waals surface area contributed by atoms with Crippen molar-refractivity contribution in [3.05, 3.63) is 35.0 Å². The summed E-state index contributed by atoms with van der Waals surface area (Å²) in [7, 11) is 0. The number of nitrogens with one attached hydrogen (secondary N) is 1. The van der Waals surface area contributed by atoms with Gasteiger partial charge in [0.25, 0.3) is 5.91 Å². The first-order valence-electron chi connectivity index (χ1n) is 7.89. The fraction of sp³-hybridized carbons (Fsp3) is 0.500. The van der Waals surface area contributed by atoms with E-state index >= 15 is 0 Å². The first-order valence-corrected chi connectivity index (χ1v) is 7.89. The third-order valence-corrected chi connectivity index (χ3v) is 5.19. The average molecular weight is 284 g/mol. The molecule has 2 atom stereocenters. The van der Waals surface area contributed by atoms with Gasteiger partial charge >= 0.3 is 0 Å². The fourth-order valence-electron chi connectivity index (χ4n) is 3.38. The Balaban J connectivity index is 1.96. The van der Waals surface area contributed by atoms with Crippen LogP contribution in [0.1, 0.15) is 48.3 Å². The van der Waals surface area contributed by atoms with Gasteiger partial charge in [0.05, 0.1) is 0 Å². The first-order chi connectivity index (χ1) is 9.99. The Morgan fingerprint density at radius 3 is 2.81 bits per heavy atom. The van der Waals surface area contributed by atoms with Crippen molar-refractivity contribution >= 4 is 16.8 Å². The summed E-state index contributed by atoms with van der Waals surface area (Å²) in [5.41, 5.74) is 4.33. The molecular formula is C18H24N2O. The highest BCUT2D eigenvalue weighted by Crippen LogP contribution is 2.27. The highest BCUT2D eigenvalue weighted by atomic mass is 16.2. The zero-order valence-electron chi connectivity index (χ0n) is 13.4. The molecule has 1 fully saturated rings. The number of aromatic nitrogens is 1. The molecule has 3 nitrogen and oxygen atoms in total. The topological polar surface area (TPSA) is 36.1 Å². The molecule has 0 spiro atoms. The number of hydrogen-bond acceptors (Lipinski definition) is 1. The number of benzene rings is 1. The van der Waals surface area contributed by atoms with E-state index in [1.165, 1.54) is 17.7 Å². The third kappa shape index (κ3) is 2.35. The van der Waals surface area contributed by atoms with Crippen LogP contribution in [0.15, 0.2) is 18.2 Å². The summed E-state index contributed by atoms with van der Waals surface area (Å²) < 4.78 is 0. The van der Waals surface area contributed by atoms with E-state index in [9.17, 15) is 4.79 Å². The molecule has 1 aromatic carbocycles. The minimum atomic E-state index is 0.175. The van der Waals surface area contributed by atoms with Crippen LogP contribution in [-0.4, -0.2) is 28.4 Å². The number of carbonyl (C=O) groups is 1. The summed E-state index contributed by atoms with van der Waals surface area (Å²) >= 11 is 0. The molecule has 0 radical (unpaired) electrons. The summed E-state index contributed by atoms with van der Waals surface area (Å²) in [6.07, 6.45) is 2.34. The molecular weight excluding hydrogens is 260 g/mol. The lowest BCUT2D eigenvalue weighted by atomic mass is 9.91. The van der Waals surface area contributed by atoms with E-state index in [1.54, 1.807) is 0 Å². The SMILES string of the molecule is Cc1[nH]c2ccc(C(=O)N3CCCC(C)C3C)cc2c1C. The third-order valence-electron chi connectivity index (χ3n) is 5.19. The molecule has 1 saturated heterocycles. The first kappa shape index (κ1) is 14.2. The van der Waals surface area contributed by atoms with Crippen molar-refractivity contribution in [2.75, 3.05) is 6.54 Å². The van der Waals surface area contributed by atoms with Crippen molar-refractivity contribution in [2.45, 2.75) is 46.6 Å². The Morgan fingerprint density at radius 1 is 1.29 bits per heavy atom. The van der Waals surface area contributed by atoms with Gasteiger partial charge in [-0.15, -0.1) is 0 Å². The molecule has 1 aromatic heterocycles. The monoisotopic (exact) mass is 284 g/mol. The van der Waals surface area contributed by atoms with Crippen LogP contribution in [0.3, 0.4) is 0 Å². The number of fused-ring (bicyclic) bond motifs is 1. The molecule has 0 saturated carbocycles. The van der Waals surface area contributed by atoms with Gasteiger partial charge in [-0.05, 0) is 63.3 Å². The lowest BCUT2D eigenvalue weighted by Crippen LogP contribution is -2.46. The van der Waals surface area contributed by atoms with Crippen molar-refractivity contribution in [3.8, 4) is 0 Å². The molecule has 3 rings (SSSR count). The molecule has 2 aromatic rings. The van der Waals surface area contributed by atoms with Crippen LogP contribution in [0.25, 0.3) is 10.9 Å². The molecule has 112 valence electrons. The van der Waals surface area contributed by atoms with Gasteiger partial charge in [0.1, 0.15) is 0 Å². The number of carbonyl (C=O) groups excluding carboxylic acids is 1. The molecule has 1 aliphatic rings. The second-order valence-corrected chi connectivity index (χ2v) is 6.49. The van der Waals surface area contributed by atoms with E-state index in [-0.39, 0.29) is 5.91 Å². The highest BCUT2D eigenvalue weighted by Gasteiger charge is 2.29. The second kappa shape index (κ2) is 5.21. The van der Waals surface area contributed by atoms with Gasteiger partial charge in [-0.25, -0.2) is 0 Å². The van der Waals surface area contributed by atoms with Gasteiger partial charge in [-0.3, -0.25) is 4.79 Å². The number of hydrogen-bond donors (Lipinski definition) is 1. The zero-order chi connectivity index (χ0) is 15.1. The number of aryl methyl sites for hydroxylation is 2. The maximum atomic E-state index is 12.8. The Hall–Kier alpha value is -1.77. The molecule has 2 heterocycles. The Bertz CT molecular complexity index is 686. The predicted molar refractivity (Wildman–Crippen MR) is 86.7 cm³/mol.